The molecule has 20 heavy (non-hydrogen) atoms. The predicted molar refractivity (Wildman–Crippen MR) is 77.5 cm³/mol. The maximum Gasteiger partial charge on any atom is 0.261 e. The Balaban J connectivity index is 3.27. The zero-order valence-electron chi connectivity index (χ0n) is 11.6. The highest BCUT2D eigenvalue weighted by Gasteiger charge is 2.19. The van der Waals surface area contributed by atoms with Crippen molar-refractivity contribution in [3.63, 3.8) is 0 Å². The van der Waals surface area contributed by atoms with E-state index in [4.69, 9.17) is 21.2 Å². The maximum absolute atomic E-state index is 11.4. The standard InChI is InChI=1S/C13H18ClNO4S/c1-4-8(2)11-7-10(20(14,17)18)5-6-12(11)19-9(3)13(15)16/h5-9H,4H2,1-3H3,(H2,15,16). The zero-order chi connectivity index (χ0) is 15.5. The Bertz CT molecular complexity index is 600. The average Bonchev–Trinajstić information content (AvgIpc) is 2.36. The van der Waals surface area contributed by atoms with Gasteiger partial charge >= 0.3 is 0 Å². The molecule has 1 rings (SSSR count). The van der Waals surface area contributed by atoms with E-state index in [9.17, 15) is 13.2 Å². The molecule has 0 bridgehead atoms. The number of nitrogens with two attached hydrogens (primary N) is 1. The van der Waals surface area contributed by atoms with Gasteiger partial charge in [0.05, 0.1) is 4.90 Å². The van der Waals surface area contributed by atoms with E-state index in [-0.39, 0.29) is 10.8 Å². The number of hydrogen-bond acceptors (Lipinski definition) is 4. The lowest BCUT2D eigenvalue weighted by molar-refractivity contribution is -0.124. The van der Waals surface area contributed by atoms with Crippen LogP contribution in [-0.4, -0.2) is 20.4 Å². The number of amides is 1. The van der Waals surface area contributed by atoms with E-state index in [2.05, 4.69) is 0 Å². The maximum atomic E-state index is 11.4. The van der Waals surface area contributed by atoms with Crippen LogP contribution in [0.2, 0.25) is 0 Å². The highest BCUT2D eigenvalue weighted by atomic mass is 35.7. The molecular weight excluding hydrogens is 302 g/mol. The largest absolute Gasteiger partial charge is 0.481 e. The summed E-state index contributed by atoms with van der Waals surface area (Å²) in [5, 5.41) is 0. The van der Waals surface area contributed by atoms with E-state index in [1.165, 1.54) is 25.1 Å². The van der Waals surface area contributed by atoms with Crippen LogP contribution in [0.25, 0.3) is 0 Å². The molecule has 2 N–H and O–H groups in total. The van der Waals surface area contributed by atoms with Crippen molar-refractivity contribution >= 4 is 25.6 Å². The quantitative estimate of drug-likeness (QED) is 0.815. The molecule has 0 aliphatic heterocycles. The van der Waals surface area contributed by atoms with Crippen LogP contribution in [0.15, 0.2) is 23.1 Å². The number of ether oxygens (including phenoxy) is 1. The number of primary amides is 1. The van der Waals surface area contributed by atoms with Crippen LogP contribution in [0.5, 0.6) is 5.75 Å². The third kappa shape index (κ3) is 4.11. The highest BCUT2D eigenvalue weighted by Crippen LogP contribution is 2.32. The van der Waals surface area contributed by atoms with Gasteiger partial charge in [0.1, 0.15) is 5.75 Å². The Hall–Kier alpha value is -1.27. The number of hydrogen-bond donors (Lipinski definition) is 1. The molecule has 0 fully saturated rings. The van der Waals surface area contributed by atoms with Crippen molar-refractivity contribution in [2.75, 3.05) is 0 Å². The Labute approximate surface area is 123 Å². The lowest BCUT2D eigenvalue weighted by Crippen LogP contribution is -2.31. The second-order valence-corrected chi connectivity index (χ2v) is 7.18. The highest BCUT2D eigenvalue weighted by molar-refractivity contribution is 8.13. The molecule has 1 aromatic rings. The third-order valence-electron chi connectivity index (χ3n) is 3.11. The third-order valence-corrected chi connectivity index (χ3v) is 4.46. The molecule has 2 unspecified atom stereocenters. The summed E-state index contributed by atoms with van der Waals surface area (Å²) in [6.45, 7) is 5.44. The van der Waals surface area contributed by atoms with Crippen LogP contribution >= 0.6 is 10.7 Å². The summed E-state index contributed by atoms with van der Waals surface area (Å²) >= 11 is 0. The van der Waals surface area contributed by atoms with Gasteiger partial charge in [0, 0.05) is 10.7 Å². The van der Waals surface area contributed by atoms with Gasteiger partial charge in [-0.15, -0.1) is 0 Å². The van der Waals surface area contributed by atoms with Crippen LogP contribution in [0.1, 0.15) is 38.7 Å². The molecule has 0 heterocycles. The SMILES string of the molecule is CCC(C)c1cc(S(=O)(=O)Cl)ccc1OC(C)C(N)=O. The van der Waals surface area contributed by atoms with Gasteiger partial charge in [-0.1, -0.05) is 13.8 Å². The van der Waals surface area contributed by atoms with Gasteiger partial charge < -0.3 is 10.5 Å². The van der Waals surface area contributed by atoms with Gasteiger partial charge in [-0.05, 0) is 43.0 Å². The molecule has 0 saturated heterocycles. The summed E-state index contributed by atoms with van der Waals surface area (Å²) in [7, 11) is 1.54. The second-order valence-electron chi connectivity index (χ2n) is 4.61. The molecule has 2 atom stereocenters. The molecule has 1 aromatic carbocycles. The number of benzene rings is 1. The van der Waals surface area contributed by atoms with E-state index >= 15 is 0 Å². The first kappa shape index (κ1) is 16.8. The van der Waals surface area contributed by atoms with Crippen LogP contribution in [0, 0.1) is 0 Å². The summed E-state index contributed by atoms with van der Waals surface area (Å²) in [5.74, 6) is -0.0905. The van der Waals surface area contributed by atoms with Gasteiger partial charge in [0.15, 0.2) is 6.10 Å². The fourth-order valence-corrected chi connectivity index (χ4v) is 2.43. The topological polar surface area (TPSA) is 86.5 Å². The second kappa shape index (κ2) is 6.45. The molecule has 0 aliphatic rings. The van der Waals surface area contributed by atoms with E-state index in [0.717, 1.165) is 6.42 Å². The van der Waals surface area contributed by atoms with Crippen molar-refractivity contribution < 1.29 is 17.9 Å². The Kier molecular flexibility index (Phi) is 5.42. The lowest BCUT2D eigenvalue weighted by atomic mass is 9.98. The van der Waals surface area contributed by atoms with Crippen molar-refractivity contribution in [3.05, 3.63) is 23.8 Å². The molecule has 0 spiro atoms. The van der Waals surface area contributed by atoms with Crippen LogP contribution in [-0.2, 0) is 13.8 Å². The van der Waals surface area contributed by atoms with Crippen LogP contribution in [0.3, 0.4) is 0 Å². The van der Waals surface area contributed by atoms with Crippen LogP contribution in [0.4, 0.5) is 0 Å². The van der Waals surface area contributed by atoms with E-state index < -0.39 is 21.1 Å². The molecular formula is C13H18ClNO4S. The monoisotopic (exact) mass is 319 g/mol. The molecule has 0 radical (unpaired) electrons. The molecule has 1 amide bonds. The number of carbonyl (C=O) groups is 1. The van der Waals surface area contributed by atoms with E-state index in [1.54, 1.807) is 0 Å². The van der Waals surface area contributed by atoms with Crippen molar-refractivity contribution in [2.45, 2.75) is 44.1 Å². The Morgan fingerprint density at radius 2 is 2.00 bits per heavy atom. The minimum atomic E-state index is -3.80. The molecule has 0 saturated carbocycles. The van der Waals surface area contributed by atoms with Gasteiger partial charge in [-0.3, -0.25) is 4.79 Å². The van der Waals surface area contributed by atoms with E-state index in [0.29, 0.717) is 11.3 Å². The first-order chi connectivity index (χ1) is 9.16. The molecule has 0 aliphatic carbocycles. The average molecular weight is 320 g/mol. The summed E-state index contributed by atoms with van der Waals surface area (Å²) in [6, 6.07) is 4.31. The van der Waals surface area contributed by atoms with Crippen molar-refractivity contribution in [3.8, 4) is 5.75 Å². The van der Waals surface area contributed by atoms with Gasteiger partial charge in [-0.2, -0.15) is 0 Å². The molecule has 5 nitrogen and oxygen atoms in total. The first-order valence-corrected chi connectivity index (χ1v) is 8.52. The summed E-state index contributed by atoms with van der Waals surface area (Å²) in [6.07, 6.45) is -0.0103. The fraction of sp³-hybridized carbons (Fsp3) is 0.462. The van der Waals surface area contributed by atoms with Crippen LogP contribution < -0.4 is 10.5 Å². The van der Waals surface area contributed by atoms with Crippen molar-refractivity contribution in [1.82, 2.24) is 0 Å². The van der Waals surface area contributed by atoms with Gasteiger partial charge in [0.2, 0.25) is 0 Å². The van der Waals surface area contributed by atoms with E-state index in [1.807, 2.05) is 13.8 Å². The summed E-state index contributed by atoms with van der Waals surface area (Å²) in [5.41, 5.74) is 5.84. The lowest BCUT2D eigenvalue weighted by Gasteiger charge is -2.19. The zero-order valence-corrected chi connectivity index (χ0v) is 13.2. The Morgan fingerprint density at radius 1 is 1.40 bits per heavy atom. The van der Waals surface area contributed by atoms with Gasteiger partial charge in [0.25, 0.3) is 15.0 Å². The van der Waals surface area contributed by atoms with Crippen molar-refractivity contribution in [2.24, 2.45) is 5.73 Å². The molecule has 7 heteroatoms. The predicted octanol–water partition coefficient (Wildman–Crippen LogP) is 2.38. The fourth-order valence-electron chi connectivity index (χ4n) is 1.64. The minimum absolute atomic E-state index is 0.00791. The molecule has 0 aromatic heterocycles. The summed E-state index contributed by atoms with van der Waals surface area (Å²) in [4.78, 5) is 11.1. The minimum Gasteiger partial charge on any atom is -0.481 e. The summed E-state index contributed by atoms with van der Waals surface area (Å²) < 4.78 is 28.3. The number of rotatable bonds is 6. The van der Waals surface area contributed by atoms with Gasteiger partial charge in [-0.25, -0.2) is 8.42 Å². The van der Waals surface area contributed by atoms with Crippen molar-refractivity contribution in [1.29, 1.82) is 0 Å². The normalized spacial score (nSPS) is 14.6. The molecule has 112 valence electrons. The smallest absolute Gasteiger partial charge is 0.261 e. The number of halogens is 1. The Morgan fingerprint density at radius 3 is 2.45 bits per heavy atom. The first-order valence-electron chi connectivity index (χ1n) is 6.21. The number of carbonyl (C=O) groups excluding carboxylic acids is 1.